The number of carbonyl (C=O) groups is 1. The quantitative estimate of drug-likeness (QED) is 0.546. The molecule has 0 unspecified atom stereocenters. The number of benzene rings is 2. The summed E-state index contributed by atoms with van der Waals surface area (Å²) in [6.45, 7) is 9.37. The second kappa shape index (κ2) is 9.99. The molecule has 5 atom stereocenters. The van der Waals surface area contributed by atoms with Gasteiger partial charge in [0.1, 0.15) is 6.10 Å². The molecule has 1 saturated heterocycles. The maximum absolute atomic E-state index is 13.5. The molecule has 2 aromatic rings. The highest BCUT2D eigenvalue weighted by Crippen LogP contribution is 2.38. The van der Waals surface area contributed by atoms with Crippen molar-refractivity contribution < 1.29 is 9.53 Å². The minimum atomic E-state index is -0.101. The predicted octanol–water partition coefficient (Wildman–Crippen LogP) is 5.91. The van der Waals surface area contributed by atoms with E-state index in [0.717, 1.165) is 26.1 Å². The maximum Gasteiger partial charge on any atom is 0.311 e. The van der Waals surface area contributed by atoms with E-state index in [2.05, 4.69) is 80.3 Å². The Morgan fingerprint density at radius 1 is 1.00 bits per heavy atom. The molecule has 0 N–H and O–H groups in total. The average Bonchev–Trinajstić information content (AvgIpc) is 3.19. The van der Waals surface area contributed by atoms with E-state index >= 15 is 0 Å². The van der Waals surface area contributed by atoms with E-state index in [-0.39, 0.29) is 23.9 Å². The lowest BCUT2D eigenvalue weighted by Gasteiger charge is -2.37. The van der Waals surface area contributed by atoms with Crippen LogP contribution in [0.2, 0.25) is 0 Å². The van der Waals surface area contributed by atoms with Gasteiger partial charge in [0.15, 0.2) is 0 Å². The third-order valence-corrected chi connectivity index (χ3v) is 7.40. The molecule has 0 amide bonds. The van der Waals surface area contributed by atoms with Gasteiger partial charge in [-0.3, -0.25) is 9.69 Å². The molecule has 2 aromatic carbocycles. The maximum atomic E-state index is 13.5. The molecule has 1 aliphatic heterocycles. The van der Waals surface area contributed by atoms with Crippen LogP contribution in [0.25, 0.3) is 0 Å². The lowest BCUT2D eigenvalue weighted by Crippen LogP contribution is -2.38. The van der Waals surface area contributed by atoms with Crippen molar-refractivity contribution in [1.29, 1.82) is 0 Å². The van der Waals surface area contributed by atoms with Gasteiger partial charge in [0.2, 0.25) is 0 Å². The second-order valence-electron chi connectivity index (χ2n) is 10.1. The van der Waals surface area contributed by atoms with Gasteiger partial charge in [-0.25, -0.2) is 0 Å². The number of nitrogens with zero attached hydrogens (tertiary/aromatic N) is 1. The molecule has 3 heteroatoms. The van der Waals surface area contributed by atoms with Crippen LogP contribution in [0.1, 0.15) is 57.1 Å². The van der Waals surface area contributed by atoms with Crippen molar-refractivity contribution in [1.82, 2.24) is 4.90 Å². The summed E-state index contributed by atoms with van der Waals surface area (Å²) in [4.78, 5) is 15.9. The van der Waals surface area contributed by atoms with Crippen molar-refractivity contribution in [3.05, 3.63) is 71.8 Å². The number of hydrogen-bond acceptors (Lipinski definition) is 3. The predicted molar refractivity (Wildman–Crippen MR) is 126 cm³/mol. The third-order valence-electron chi connectivity index (χ3n) is 7.40. The van der Waals surface area contributed by atoms with Crippen molar-refractivity contribution in [2.45, 2.75) is 58.6 Å². The van der Waals surface area contributed by atoms with Crippen LogP contribution in [0, 0.1) is 23.7 Å². The standard InChI is InChI=1S/C28H37NO2/c1-20(2)24-15-14-21(3)16-27(24)31-28(30)26-19-29(17-22-10-6-4-7-11-22)18-25(26)23-12-8-5-9-13-23/h4-13,20-21,24-27H,14-19H2,1-3H3/t21-,24+,25+,26-,27-/m1/s1. The number of carbonyl (C=O) groups excluding carboxylic acids is 1. The fourth-order valence-electron chi connectivity index (χ4n) is 5.62. The highest BCUT2D eigenvalue weighted by Gasteiger charge is 2.42. The molecule has 2 fully saturated rings. The Bertz CT molecular complexity index is 835. The normalized spacial score (nSPS) is 29.2. The van der Waals surface area contributed by atoms with Gasteiger partial charge in [-0.1, -0.05) is 87.9 Å². The summed E-state index contributed by atoms with van der Waals surface area (Å²) in [5.74, 6) is 1.77. The molecule has 3 nitrogen and oxygen atoms in total. The van der Waals surface area contributed by atoms with Crippen molar-refractivity contribution >= 4 is 5.97 Å². The summed E-state index contributed by atoms with van der Waals surface area (Å²) >= 11 is 0. The molecule has 1 heterocycles. The van der Waals surface area contributed by atoms with Crippen LogP contribution in [0.4, 0.5) is 0 Å². The summed E-state index contributed by atoms with van der Waals surface area (Å²) in [6, 6.07) is 21.1. The second-order valence-corrected chi connectivity index (χ2v) is 10.1. The van der Waals surface area contributed by atoms with E-state index in [0.29, 0.717) is 17.8 Å². The minimum Gasteiger partial charge on any atom is -0.462 e. The van der Waals surface area contributed by atoms with Crippen molar-refractivity contribution in [2.75, 3.05) is 13.1 Å². The highest BCUT2D eigenvalue weighted by molar-refractivity contribution is 5.75. The summed E-state index contributed by atoms with van der Waals surface area (Å²) in [5, 5.41) is 0. The smallest absolute Gasteiger partial charge is 0.311 e. The van der Waals surface area contributed by atoms with Crippen LogP contribution in [0.3, 0.4) is 0 Å². The largest absolute Gasteiger partial charge is 0.462 e. The van der Waals surface area contributed by atoms with Crippen LogP contribution >= 0.6 is 0 Å². The Balaban J connectivity index is 1.51. The van der Waals surface area contributed by atoms with E-state index in [1.165, 1.54) is 24.0 Å². The highest BCUT2D eigenvalue weighted by atomic mass is 16.5. The van der Waals surface area contributed by atoms with E-state index < -0.39 is 0 Å². The van der Waals surface area contributed by atoms with Crippen molar-refractivity contribution in [3.8, 4) is 0 Å². The summed E-state index contributed by atoms with van der Waals surface area (Å²) in [7, 11) is 0. The first-order valence-corrected chi connectivity index (χ1v) is 12.0. The molecule has 0 spiro atoms. The Morgan fingerprint density at radius 2 is 1.68 bits per heavy atom. The Morgan fingerprint density at radius 3 is 2.35 bits per heavy atom. The summed E-state index contributed by atoms with van der Waals surface area (Å²) in [6.07, 6.45) is 3.49. The molecule has 0 bridgehead atoms. The first-order valence-electron chi connectivity index (χ1n) is 12.0. The van der Waals surface area contributed by atoms with Gasteiger partial charge in [-0.2, -0.15) is 0 Å². The molecule has 1 saturated carbocycles. The number of hydrogen-bond donors (Lipinski definition) is 0. The molecule has 1 aliphatic carbocycles. The lowest BCUT2D eigenvalue weighted by atomic mass is 9.75. The Kier molecular flexibility index (Phi) is 7.12. The van der Waals surface area contributed by atoms with Gasteiger partial charge in [0, 0.05) is 25.6 Å². The van der Waals surface area contributed by atoms with E-state index in [4.69, 9.17) is 4.74 Å². The van der Waals surface area contributed by atoms with Crippen LogP contribution in [0.5, 0.6) is 0 Å². The van der Waals surface area contributed by atoms with Crippen LogP contribution in [-0.4, -0.2) is 30.1 Å². The number of rotatable bonds is 6. The van der Waals surface area contributed by atoms with Gasteiger partial charge >= 0.3 is 5.97 Å². The van der Waals surface area contributed by atoms with Crippen LogP contribution in [-0.2, 0) is 16.1 Å². The van der Waals surface area contributed by atoms with Crippen molar-refractivity contribution in [3.63, 3.8) is 0 Å². The molecule has 0 aromatic heterocycles. The van der Waals surface area contributed by atoms with Crippen molar-refractivity contribution in [2.24, 2.45) is 23.7 Å². The van der Waals surface area contributed by atoms with Gasteiger partial charge in [-0.15, -0.1) is 0 Å². The first kappa shape index (κ1) is 22.1. The van der Waals surface area contributed by atoms with Gasteiger partial charge in [0.25, 0.3) is 0 Å². The fraction of sp³-hybridized carbons (Fsp3) is 0.536. The molecular formula is C28H37NO2. The van der Waals surface area contributed by atoms with E-state index in [1.807, 2.05) is 6.07 Å². The lowest BCUT2D eigenvalue weighted by molar-refractivity contribution is -0.161. The number of ether oxygens (including phenoxy) is 1. The SMILES string of the molecule is CC(C)[C@@H]1CC[C@@H](C)C[C@H]1OC(=O)[C@@H]1CN(Cc2ccccc2)C[C@H]1c1ccccc1. The van der Waals surface area contributed by atoms with Gasteiger partial charge in [0.05, 0.1) is 5.92 Å². The molecule has 31 heavy (non-hydrogen) atoms. The Labute approximate surface area is 187 Å². The Hall–Kier alpha value is -2.13. The molecule has 166 valence electrons. The zero-order valence-electron chi connectivity index (χ0n) is 19.2. The zero-order chi connectivity index (χ0) is 21.8. The zero-order valence-corrected chi connectivity index (χ0v) is 19.2. The van der Waals surface area contributed by atoms with Gasteiger partial charge < -0.3 is 4.74 Å². The van der Waals surface area contributed by atoms with Gasteiger partial charge in [-0.05, 0) is 41.7 Å². The summed E-state index contributed by atoms with van der Waals surface area (Å²) in [5.41, 5.74) is 2.54. The fourth-order valence-corrected chi connectivity index (χ4v) is 5.62. The molecular weight excluding hydrogens is 382 g/mol. The number of esters is 1. The molecule has 2 aliphatic rings. The molecule has 4 rings (SSSR count). The molecule has 0 radical (unpaired) electrons. The topological polar surface area (TPSA) is 29.5 Å². The van der Waals surface area contributed by atoms with E-state index in [9.17, 15) is 4.79 Å². The number of likely N-dealkylation sites (tertiary alicyclic amines) is 1. The van der Waals surface area contributed by atoms with Crippen LogP contribution in [0.15, 0.2) is 60.7 Å². The third kappa shape index (κ3) is 5.38. The summed E-state index contributed by atoms with van der Waals surface area (Å²) < 4.78 is 6.30. The first-order chi connectivity index (χ1) is 15.0. The van der Waals surface area contributed by atoms with Crippen LogP contribution < -0.4 is 0 Å². The minimum absolute atomic E-state index is 0.00849. The average molecular weight is 420 g/mol. The van der Waals surface area contributed by atoms with E-state index in [1.54, 1.807) is 0 Å². The monoisotopic (exact) mass is 419 g/mol.